The van der Waals surface area contributed by atoms with Crippen LogP contribution in [0.2, 0.25) is 0 Å². The third-order valence-corrected chi connectivity index (χ3v) is 5.74. The predicted molar refractivity (Wildman–Crippen MR) is 143 cm³/mol. The van der Waals surface area contributed by atoms with Crippen molar-refractivity contribution in [2.75, 3.05) is 25.1 Å². The van der Waals surface area contributed by atoms with E-state index in [4.69, 9.17) is 9.47 Å². The van der Waals surface area contributed by atoms with E-state index in [2.05, 4.69) is 43.0 Å². The first kappa shape index (κ1) is 26.9. The smallest absolute Gasteiger partial charge is 0.411 e. The van der Waals surface area contributed by atoms with Crippen molar-refractivity contribution in [2.45, 2.75) is 53.2 Å². The molecular formula is C28H36N4O4. The number of aromatic nitrogens is 2. The molecule has 2 aromatic carbocycles. The molecule has 0 atom stereocenters. The maximum Gasteiger partial charge on any atom is 0.411 e. The maximum atomic E-state index is 12.5. The molecule has 1 heterocycles. The molecule has 192 valence electrons. The highest BCUT2D eigenvalue weighted by atomic mass is 16.5. The quantitative estimate of drug-likeness (QED) is 0.404. The van der Waals surface area contributed by atoms with Gasteiger partial charge in [0.2, 0.25) is 0 Å². The predicted octanol–water partition coefficient (Wildman–Crippen LogP) is 5.02. The fourth-order valence-electron chi connectivity index (χ4n) is 4.03. The third-order valence-electron chi connectivity index (χ3n) is 5.74. The lowest BCUT2D eigenvalue weighted by molar-refractivity contribution is 0.142. The fraction of sp³-hybridized carbons (Fsp3) is 0.393. The molecule has 0 saturated heterocycles. The summed E-state index contributed by atoms with van der Waals surface area (Å²) in [6.45, 7) is 12.6. The summed E-state index contributed by atoms with van der Waals surface area (Å²) in [6.07, 6.45) is -0.517. The lowest BCUT2D eigenvalue weighted by atomic mass is 10.1. The Kier molecular flexibility index (Phi) is 9.64. The van der Waals surface area contributed by atoms with Gasteiger partial charge in [-0.2, -0.15) is 5.10 Å². The van der Waals surface area contributed by atoms with E-state index >= 15 is 0 Å². The summed E-state index contributed by atoms with van der Waals surface area (Å²) in [7, 11) is 0. The van der Waals surface area contributed by atoms with E-state index in [1.165, 1.54) is 10.7 Å². The SMILES string of the molecule is CCOC(=O)Nc1cccc(Cn2nc(-c3ccc(OCCN(C(C)C)C(C)C)cc3)ccc2=O)c1. The molecule has 0 saturated carbocycles. The van der Waals surface area contributed by atoms with Crippen molar-refractivity contribution in [3.8, 4) is 17.0 Å². The molecule has 0 radical (unpaired) electrons. The number of nitrogens with one attached hydrogen (secondary N) is 1. The molecule has 0 aliphatic heterocycles. The zero-order valence-corrected chi connectivity index (χ0v) is 21.7. The van der Waals surface area contributed by atoms with Crippen LogP contribution in [-0.4, -0.2) is 52.6 Å². The van der Waals surface area contributed by atoms with E-state index < -0.39 is 6.09 Å². The molecule has 0 unspecified atom stereocenters. The van der Waals surface area contributed by atoms with Crippen molar-refractivity contribution < 1.29 is 14.3 Å². The van der Waals surface area contributed by atoms with Crippen LogP contribution in [0.15, 0.2) is 65.5 Å². The fourth-order valence-corrected chi connectivity index (χ4v) is 4.03. The number of hydrogen-bond donors (Lipinski definition) is 1. The number of hydrogen-bond acceptors (Lipinski definition) is 6. The molecule has 8 nitrogen and oxygen atoms in total. The molecule has 0 spiro atoms. The molecule has 0 aliphatic rings. The van der Waals surface area contributed by atoms with E-state index in [0.717, 1.165) is 23.4 Å². The van der Waals surface area contributed by atoms with Crippen LogP contribution >= 0.6 is 0 Å². The number of benzene rings is 2. The molecule has 1 aromatic heterocycles. The second kappa shape index (κ2) is 12.9. The topological polar surface area (TPSA) is 85.7 Å². The molecule has 0 bridgehead atoms. The zero-order valence-electron chi connectivity index (χ0n) is 21.7. The Morgan fingerprint density at radius 1 is 1.03 bits per heavy atom. The minimum atomic E-state index is -0.517. The Balaban J connectivity index is 1.67. The van der Waals surface area contributed by atoms with Crippen molar-refractivity contribution in [1.82, 2.24) is 14.7 Å². The normalized spacial score (nSPS) is 11.2. The Morgan fingerprint density at radius 3 is 2.42 bits per heavy atom. The minimum absolute atomic E-state index is 0.206. The summed E-state index contributed by atoms with van der Waals surface area (Å²) in [5.74, 6) is 0.797. The largest absolute Gasteiger partial charge is 0.492 e. The average molecular weight is 493 g/mol. The van der Waals surface area contributed by atoms with Crippen LogP contribution in [0.25, 0.3) is 11.3 Å². The van der Waals surface area contributed by atoms with Crippen molar-refractivity contribution in [3.63, 3.8) is 0 Å². The molecule has 1 amide bonds. The molecule has 0 aliphatic carbocycles. The van der Waals surface area contributed by atoms with Gasteiger partial charge in [0.15, 0.2) is 0 Å². The van der Waals surface area contributed by atoms with Crippen LogP contribution in [0.1, 0.15) is 40.2 Å². The Morgan fingerprint density at radius 2 is 1.75 bits per heavy atom. The van der Waals surface area contributed by atoms with E-state index in [1.807, 2.05) is 36.4 Å². The van der Waals surface area contributed by atoms with Gasteiger partial charge in [-0.05, 0) is 82.6 Å². The molecular weight excluding hydrogens is 456 g/mol. The Labute approximate surface area is 212 Å². The van der Waals surface area contributed by atoms with Gasteiger partial charge in [0.05, 0.1) is 18.8 Å². The highest BCUT2D eigenvalue weighted by molar-refractivity contribution is 5.84. The first-order valence-corrected chi connectivity index (χ1v) is 12.4. The maximum absolute atomic E-state index is 12.5. The number of amides is 1. The van der Waals surface area contributed by atoms with Gasteiger partial charge in [-0.25, -0.2) is 9.48 Å². The van der Waals surface area contributed by atoms with Gasteiger partial charge >= 0.3 is 6.09 Å². The van der Waals surface area contributed by atoms with Crippen LogP contribution in [0.3, 0.4) is 0 Å². The van der Waals surface area contributed by atoms with Gasteiger partial charge in [0.25, 0.3) is 5.56 Å². The van der Waals surface area contributed by atoms with Crippen molar-refractivity contribution in [1.29, 1.82) is 0 Å². The van der Waals surface area contributed by atoms with E-state index in [-0.39, 0.29) is 12.1 Å². The summed E-state index contributed by atoms with van der Waals surface area (Å²) in [5.41, 5.74) is 2.79. The number of carbonyl (C=O) groups excluding carboxylic acids is 1. The average Bonchev–Trinajstić information content (AvgIpc) is 2.83. The summed E-state index contributed by atoms with van der Waals surface area (Å²) < 4.78 is 12.3. The monoisotopic (exact) mass is 492 g/mol. The van der Waals surface area contributed by atoms with Gasteiger partial charge in [-0.1, -0.05) is 12.1 Å². The molecule has 3 aromatic rings. The van der Waals surface area contributed by atoms with Crippen LogP contribution in [0, 0.1) is 0 Å². The second-order valence-corrected chi connectivity index (χ2v) is 9.06. The van der Waals surface area contributed by atoms with E-state index in [0.29, 0.717) is 36.7 Å². The molecule has 1 N–H and O–H groups in total. The summed E-state index contributed by atoms with van der Waals surface area (Å²) in [6, 6.07) is 19.1. The van der Waals surface area contributed by atoms with Crippen molar-refractivity contribution >= 4 is 11.8 Å². The first-order chi connectivity index (χ1) is 17.3. The summed E-state index contributed by atoms with van der Waals surface area (Å²) in [4.78, 5) is 26.5. The van der Waals surface area contributed by atoms with Crippen LogP contribution in [0.5, 0.6) is 5.75 Å². The second-order valence-electron chi connectivity index (χ2n) is 9.06. The lowest BCUT2D eigenvalue weighted by Gasteiger charge is -2.30. The minimum Gasteiger partial charge on any atom is -0.492 e. The number of carbonyl (C=O) groups is 1. The van der Waals surface area contributed by atoms with E-state index in [9.17, 15) is 9.59 Å². The number of ether oxygens (including phenoxy) is 2. The Bertz CT molecular complexity index is 1180. The lowest BCUT2D eigenvalue weighted by Crippen LogP contribution is -2.39. The zero-order chi connectivity index (χ0) is 26.1. The summed E-state index contributed by atoms with van der Waals surface area (Å²) in [5, 5.41) is 7.23. The van der Waals surface area contributed by atoms with Crippen LogP contribution in [-0.2, 0) is 11.3 Å². The molecule has 0 fully saturated rings. The highest BCUT2D eigenvalue weighted by Gasteiger charge is 2.13. The van der Waals surface area contributed by atoms with Gasteiger partial charge in [0.1, 0.15) is 12.4 Å². The van der Waals surface area contributed by atoms with Gasteiger partial charge < -0.3 is 9.47 Å². The van der Waals surface area contributed by atoms with Crippen molar-refractivity contribution in [2.24, 2.45) is 0 Å². The third kappa shape index (κ3) is 7.68. The van der Waals surface area contributed by atoms with E-state index in [1.54, 1.807) is 25.1 Å². The number of anilines is 1. The van der Waals surface area contributed by atoms with Crippen molar-refractivity contribution in [3.05, 3.63) is 76.6 Å². The first-order valence-electron chi connectivity index (χ1n) is 12.4. The molecule has 36 heavy (non-hydrogen) atoms. The van der Waals surface area contributed by atoms with Crippen LogP contribution in [0.4, 0.5) is 10.5 Å². The number of rotatable bonds is 11. The standard InChI is InChI=1S/C28H36N4O4/c1-6-35-28(34)29-24-9-7-8-22(18-24)19-32-27(33)15-14-26(30-32)23-10-12-25(13-11-23)36-17-16-31(20(2)3)21(4)5/h7-15,18,20-21H,6,16-17,19H2,1-5H3,(H,29,34). The summed E-state index contributed by atoms with van der Waals surface area (Å²) >= 11 is 0. The van der Waals surface area contributed by atoms with Gasteiger partial charge in [0, 0.05) is 35.9 Å². The highest BCUT2D eigenvalue weighted by Crippen LogP contribution is 2.20. The molecule has 3 rings (SSSR count). The Hall–Kier alpha value is -3.65. The number of nitrogens with zero attached hydrogens (tertiary/aromatic N) is 3. The molecule has 8 heteroatoms. The van der Waals surface area contributed by atoms with Gasteiger partial charge in [-0.15, -0.1) is 0 Å². The van der Waals surface area contributed by atoms with Crippen LogP contribution < -0.4 is 15.6 Å². The van der Waals surface area contributed by atoms with Gasteiger partial charge in [-0.3, -0.25) is 15.0 Å².